The number of carbonyl (C=O) groups is 1. The Morgan fingerprint density at radius 2 is 2.24 bits per heavy atom. The fourth-order valence-electron chi connectivity index (χ4n) is 2.78. The first-order valence-corrected chi connectivity index (χ1v) is 8.40. The van der Waals surface area contributed by atoms with E-state index >= 15 is 0 Å². The smallest absolute Gasteiger partial charge is 0.270 e. The highest BCUT2D eigenvalue weighted by Gasteiger charge is 2.32. The van der Waals surface area contributed by atoms with Gasteiger partial charge in [-0.05, 0) is 31.9 Å². The van der Waals surface area contributed by atoms with E-state index in [1.807, 2.05) is 44.4 Å². The number of ether oxygens (including phenoxy) is 1. The Bertz CT molecular complexity index is 756. The number of aromatic nitrogens is 2. The summed E-state index contributed by atoms with van der Waals surface area (Å²) in [6, 6.07) is 7.57. The second-order valence-electron chi connectivity index (χ2n) is 5.80. The van der Waals surface area contributed by atoms with Crippen LogP contribution in [0.2, 0.25) is 0 Å². The maximum absolute atomic E-state index is 12.6. The Kier molecular flexibility index (Phi) is 5.33. The van der Waals surface area contributed by atoms with E-state index in [1.165, 1.54) is 0 Å². The summed E-state index contributed by atoms with van der Waals surface area (Å²) in [6.07, 6.45) is 6.02. The molecular weight excluding hydrogens is 320 g/mol. The van der Waals surface area contributed by atoms with Crippen molar-refractivity contribution in [2.75, 3.05) is 18.1 Å². The number of piperidine rings is 1. The number of hydrogen-bond donors (Lipinski definition) is 0. The Hall–Kier alpha value is -2.83. The summed E-state index contributed by atoms with van der Waals surface area (Å²) in [6.45, 7) is 3.17. The number of hydrogen-bond acceptors (Lipinski definition) is 5. The zero-order chi connectivity index (χ0) is 17.6. The molecule has 1 aromatic carbocycles. The molecule has 0 spiro atoms. The van der Waals surface area contributed by atoms with Gasteiger partial charge in [-0.1, -0.05) is 17.3 Å². The van der Waals surface area contributed by atoms with Crippen molar-refractivity contribution in [3.05, 3.63) is 42.2 Å². The summed E-state index contributed by atoms with van der Waals surface area (Å²) in [5.41, 5.74) is 1.60. The van der Waals surface area contributed by atoms with Gasteiger partial charge in [0.1, 0.15) is 5.75 Å². The highest BCUT2D eigenvalue weighted by molar-refractivity contribution is 5.97. The minimum Gasteiger partial charge on any atom is -0.493 e. The third kappa shape index (κ3) is 3.99. The lowest BCUT2D eigenvalue weighted by atomic mass is 10.1. The van der Waals surface area contributed by atoms with E-state index in [1.54, 1.807) is 22.0 Å². The van der Waals surface area contributed by atoms with Crippen LogP contribution in [0.15, 0.2) is 41.8 Å². The molecule has 132 valence electrons. The van der Waals surface area contributed by atoms with E-state index in [9.17, 15) is 4.79 Å². The third-order valence-corrected chi connectivity index (χ3v) is 3.99. The van der Waals surface area contributed by atoms with Gasteiger partial charge >= 0.3 is 0 Å². The maximum atomic E-state index is 12.6. The Labute approximate surface area is 146 Å². The maximum Gasteiger partial charge on any atom is 0.270 e. The van der Waals surface area contributed by atoms with E-state index in [-0.39, 0.29) is 5.91 Å². The number of anilines is 1. The van der Waals surface area contributed by atoms with E-state index in [4.69, 9.17) is 9.57 Å². The molecule has 1 saturated heterocycles. The number of amides is 1. The fourth-order valence-corrected chi connectivity index (χ4v) is 2.78. The topological polar surface area (TPSA) is 69.0 Å². The van der Waals surface area contributed by atoms with Crippen molar-refractivity contribution in [1.82, 2.24) is 9.78 Å². The van der Waals surface area contributed by atoms with Gasteiger partial charge in [0.05, 0.1) is 24.7 Å². The molecule has 1 aromatic heterocycles. The molecular formula is C18H22N4O3. The van der Waals surface area contributed by atoms with Crippen molar-refractivity contribution in [3.8, 4) is 5.75 Å². The SMILES string of the molecule is CCOc1ccccc1/C=N/OC1CCCN(c2cnn(C)c2)C1=O. The molecule has 1 fully saturated rings. The zero-order valence-electron chi connectivity index (χ0n) is 14.5. The molecule has 1 unspecified atom stereocenters. The number of rotatable bonds is 6. The molecule has 0 aliphatic carbocycles. The van der Waals surface area contributed by atoms with Crippen LogP contribution >= 0.6 is 0 Å². The first-order valence-electron chi connectivity index (χ1n) is 8.40. The van der Waals surface area contributed by atoms with Gasteiger partial charge in [0.25, 0.3) is 5.91 Å². The van der Waals surface area contributed by atoms with Gasteiger partial charge in [-0.3, -0.25) is 9.48 Å². The Morgan fingerprint density at radius 3 is 3.00 bits per heavy atom. The minimum absolute atomic E-state index is 0.0884. The average molecular weight is 342 g/mol. The first kappa shape index (κ1) is 17.0. The summed E-state index contributed by atoms with van der Waals surface area (Å²) in [7, 11) is 1.83. The largest absolute Gasteiger partial charge is 0.493 e. The van der Waals surface area contributed by atoms with Crippen molar-refractivity contribution < 1.29 is 14.4 Å². The second kappa shape index (κ2) is 7.83. The predicted molar refractivity (Wildman–Crippen MR) is 94.9 cm³/mol. The van der Waals surface area contributed by atoms with Crippen molar-refractivity contribution >= 4 is 17.8 Å². The Balaban J connectivity index is 1.65. The van der Waals surface area contributed by atoms with Crippen LogP contribution in [0.25, 0.3) is 0 Å². The van der Waals surface area contributed by atoms with Crippen molar-refractivity contribution in [1.29, 1.82) is 0 Å². The molecule has 7 heteroatoms. The lowest BCUT2D eigenvalue weighted by Crippen LogP contribution is -2.44. The summed E-state index contributed by atoms with van der Waals surface area (Å²) in [4.78, 5) is 19.8. The lowest BCUT2D eigenvalue weighted by Gasteiger charge is -2.29. The lowest BCUT2D eigenvalue weighted by molar-refractivity contribution is -0.132. The monoisotopic (exact) mass is 342 g/mol. The number of oxime groups is 1. The molecule has 0 radical (unpaired) electrons. The third-order valence-electron chi connectivity index (χ3n) is 3.99. The number of aryl methyl sites for hydroxylation is 1. The van der Waals surface area contributed by atoms with Crippen molar-refractivity contribution in [3.63, 3.8) is 0 Å². The normalized spacial score (nSPS) is 17.9. The standard InChI is InChI=1S/C18H22N4O3/c1-3-24-16-8-5-4-7-14(16)11-20-25-17-9-6-10-22(18(17)23)15-12-19-21(2)13-15/h4-5,7-8,11-13,17H,3,6,9-10H2,1-2H3/b20-11+. The predicted octanol–water partition coefficient (Wildman–Crippen LogP) is 2.36. The van der Waals surface area contributed by atoms with Gasteiger partial charge in [-0.15, -0.1) is 0 Å². The molecule has 1 aliphatic heterocycles. The van der Waals surface area contributed by atoms with Crippen LogP contribution in [0.5, 0.6) is 5.75 Å². The number of carbonyl (C=O) groups excluding carboxylic acids is 1. The highest BCUT2D eigenvalue weighted by atomic mass is 16.6. The summed E-state index contributed by atoms with van der Waals surface area (Å²) in [5, 5.41) is 8.14. The quantitative estimate of drug-likeness (QED) is 0.597. The zero-order valence-corrected chi connectivity index (χ0v) is 14.5. The molecule has 1 atom stereocenters. The van der Waals surface area contributed by atoms with Crippen LogP contribution in [0.1, 0.15) is 25.3 Å². The molecule has 0 bridgehead atoms. The van der Waals surface area contributed by atoms with Crippen LogP contribution in [0, 0.1) is 0 Å². The molecule has 25 heavy (non-hydrogen) atoms. The van der Waals surface area contributed by atoms with Crippen LogP contribution in [0.4, 0.5) is 5.69 Å². The average Bonchev–Trinajstić information content (AvgIpc) is 3.04. The van der Waals surface area contributed by atoms with Gasteiger partial charge in [0.2, 0.25) is 6.10 Å². The van der Waals surface area contributed by atoms with Gasteiger partial charge < -0.3 is 14.5 Å². The van der Waals surface area contributed by atoms with Gasteiger partial charge in [-0.25, -0.2) is 0 Å². The molecule has 3 rings (SSSR count). The first-order chi connectivity index (χ1) is 12.2. The van der Waals surface area contributed by atoms with Crippen LogP contribution in [-0.4, -0.2) is 41.2 Å². The minimum atomic E-state index is -0.579. The van der Waals surface area contributed by atoms with Crippen LogP contribution < -0.4 is 9.64 Å². The van der Waals surface area contributed by atoms with Crippen molar-refractivity contribution in [2.24, 2.45) is 12.2 Å². The van der Waals surface area contributed by atoms with Crippen LogP contribution in [0.3, 0.4) is 0 Å². The molecule has 2 aromatic rings. The van der Waals surface area contributed by atoms with Crippen molar-refractivity contribution in [2.45, 2.75) is 25.9 Å². The summed E-state index contributed by atoms with van der Waals surface area (Å²) < 4.78 is 7.22. The number of para-hydroxylation sites is 1. The fraction of sp³-hybridized carbons (Fsp3) is 0.389. The molecule has 0 N–H and O–H groups in total. The van der Waals surface area contributed by atoms with Crippen LogP contribution in [-0.2, 0) is 16.7 Å². The van der Waals surface area contributed by atoms with Gasteiger partial charge in [-0.2, -0.15) is 5.10 Å². The van der Waals surface area contributed by atoms with Gasteiger partial charge in [0.15, 0.2) is 0 Å². The summed E-state index contributed by atoms with van der Waals surface area (Å²) >= 11 is 0. The second-order valence-corrected chi connectivity index (χ2v) is 5.80. The molecule has 1 aliphatic rings. The van der Waals surface area contributed by atoms with E-state index in [0.29, 0.717) is 19.6 Å². The highest BCUT2D eigenvalue weighted by Crippen LogP contribution is 2.22. The molecule has 1 amide bonds. The van der Waals surface area contributed by atoms with E-state index in [0.717, 1.165) is 23.4 Å². The number of benzene rings is 1. The molecule has 7 nitrogen and oxygen atoms in total. The number of nitrogens with zero attached hydrogens (tertiary/aromatic N) is 4. The van der Waals surface area contributed by atoms with E-state index in [2.05, 4.69) is 10.3 Å². The molecule has 2 heterocycles. The van der Waals surface area contributed by atoms with Gasteiger partial charge in [0, 0.05) is 25.4 Å². The summed E-state index contributed by atoms with van der Waals surface area (Å²) in [5.74, 6) is 0.652. The Morgan fingerprint density at radius 1 is 1.40 bits per heavy atom. The van der Waals surface area contributed by atoms with E-state index < -0.39 is 6.10 Å². The molecule has 0 saturated carbocycles.